The van der Waals surface area contributed by atoms with Crippen molar-refractivity contribution in [1.82, 2.24) is 0 Å². The van der Waals surface area contributed by atoms with E-state index in [0.717, 1.165) is 25.5 Å². The van der Waals surface area contributed by atoms with Gasteiger partial charge in [0.15, 0.2) is 0 Å². The minimum absolute atomic E-state index is 0.0865. The molecule has 54 valence electrons. The summed E-state index contributed by atoms with van der Waals surface area (Å²) in [4.78, 5) is 0. The Morgan fingerprint density at radius 2 is 2.11 bits per heavy atom. The van der Waals surface area contributed by atoms with E-state index >= 15 is 0 Å². The molecule has 0 saturated heterocycles. The summed E-state index contributed by atoms with van der Waals surface area (Å²) in [6.07, 6.45) is 4.57. The lowest BCUT2D eigenvalue weighted by Gasteiger charge is -1.95. The van der Waals surface area contributed by atoms with E-state index in [1.807, 2.05) is 0 Å². The Bertz CT molecular complexity index is 86.9. The van der Waals surface area contributed by atoms with E-state index < -0.39 is 0 Å². The van der Waals surface area contributed by atoms with Crippen LogP contribution in [0.1, 0.15) is 32.6 Å². The Labute approximate surface area is 55.8 Å². The van der Waals surface area contributed by atoms with E-state index in [2.05, 4.69) is 6.92 Å². The van der Waals surface area contributed by atoms with Crippen molar-refractivity contribution in [3.05, 3.63) is 12.0 Å². The maximum absolute atomic E-state index is 8.70. The van der Waals surface area contributed by atoms with Crippen molar-refractivity contribution >= 4 is 0 Å². The number of allylic oxidation sites excluding steroid dienone is 1. The zero-order chi connectivity index (χ0) is 7.11. The molecule has 0 atom stereocenters. The Hall–Kier alpha value is -0.660. The van der Waals surface area contributed by atoms with Crippen LogP contribution in [0.4, 0.5) is 0 Å². The molecule has 0 aliphatic heterocycles. The van der Waals surface area contributed by atoms with Crippen molar-refractivity contribution in [2.45, 2.75) is 32.6 Å². The zero-order valence-electron chi connectivity index (χ0n) is 5.80. The molecule has 2 heteroatoms. The fraction of sp³-hybridized carbons (Fsp3) is 0.714. The smallest absolute Gasteiger partial charge is 0.126 e. The van der Waals surface area contributed by atoms with Gasteiger partial charge in [0.05, 0.1) is 0 Å². The number of hydrogen-bond donors (Lipinski definition) is 2. The molecule has 0 fully saturated rings. The predicted molar refractivity (Wildman–Crippen MR) is 37.5 cm³/mol. The number of aliphatic hydroxyl groups is 2. The molecule has 9 heavy (non-hydrogen) atoms. The van der Waals surface area contributed by atoms with Gasteiger partial charge in [-0.15, -0.1) is 0 Å². The summed E-state index contributed by atoms with van der Waals surface area (Å²) >= 11 is 0. The van der Waals surface area contributed by atoms with Gasteiger partial charge in [0.1, 0.15) is 12.0 Å². The summed E-state index contributed by atoms with van der Waals surface area (Å²) in [5.74, 6) is 0.0865. The van der Waals surface area contributed by atoms with Crippen molar-refractivity contribution in [3.63, 3.8) is 0 Å². The standard InChI is InChI=1S/C7H14O2/c1-2-3-4-5-7(9)6-8/h6,8-9H,2-5H2,1H3/b7-6-. The first-order valence-electron chi connectivity index (χ1n) is 3.33. The average Bonchev–Trinajstić information content (AvgIpc) is 1.89. The maximum atomic E-state index is 8.70. The third-order valence-corrected chi connectivity index (χ3v) is 1.19. The lowest BCUT2D eigenvalue weighted by atomic mass is 10.2. The number of rotatable bonds is 4. The highest BCUT2D eigenvalue weighted by Crippen LogP contribution is 2.04. The number of hydrogen-bond acceptors (Lipinski definition) is 2. The first-order valence-corrected chi connectivity index (χ1v) is 3.33. The maximum Gasteiger partial charge on any atom is 0.126 e. The second-order valence-corrected chi connectivity index (χ2v) is 2.08. The van der Waals surface area contributed by atoms with Gasteiger partial charge < -0.3 is 10.2 Å². The summed E-state index contributed by atoms with van der Waals surface area (Å²) in [7, 11) is 0. The molecule has 0 aromatic rings. The SMILES string of the molecule is CCCCC/C(O)=C/O. The van der Waals surface area contributed by atoms with Gasteiger partial charge in [-0.3, -0.25) is 0 Å². The molecule has 0 unspecified atom stereocenters. The minimum Gasteiger partial charge on any atom is -0.512 e. The zero-order valence-corrected chi connectivity index (χ0v) is 5.80. The van der Waals surface area contributed by atoms with Gasteiger partial charge in [-0.2, -0.15) is 0 Å². The second kappa shape index (κ2) is 5.48. The Kier molecular flexibility index (Phi) is 5.07. The van der Waals surface area contributed by atoms with Gasteiger partial charge in [-0.05, 0) is 6.42 Å². The van der Waals surface area contributed by atoms with E-state index in [1.54, 1.807) is 0 Å². The Morgan fingerprint density at radius 3 is 2.56 bits per heavy atom. The Balaban J connectivity index is 3.07. The van der Waals surface area contributed by atoms with Gasteiger partial charge in [0, 0.05) is 6.42 Å². The third kappa shape index (κ3) is 5.21. The molecule has 0 aromatic heterocycles. The number of unbranched alkanes of at least 4 members (excludes halogenated alkanes) is 2. The summed E-state index contributed by atoms with van der Waals surface area (Å²) in [6.45, 7) is 2.10. The van der Waals surface area contributed by atoms with E-state index in [1.165, 1.54) is 0 Å². The van der Waals surface area contributed by atoms with Gasteiger partial charge in [-0.25, -0.2) is 0 Å². The molecule has 0 aromatic carbocycles. The number of aliphatic hydroxyl groups excluding tert-OH is 2. The van der Waals surface area contributed by atoms with Gasteiger partial charge in [0.2, 0.25) is 0 Å². The highest BCUT2D eigenvalue weighted by Gasteiger charge is 1.90. The molecule has 0 bridgehead atoms. The molecule has 2 N–H and O–H groups in total. The van der Waals surface area contributed by atoms with E-state index in [4.69, 9.17) is 10.2 Å². The average molecular weight is 130 g/mol. The van der Waals surface area contributed by atoms with E-state index in [9.17, 15) is 0 Å². The van der Waals surface area contributed by atoms with Gasteiger partial charge >= 0.3 is 0 Å². The van der Waals surface area contributed by atoms with Crippen LogP contribution < -0.4 is 0 Å². The van der Waals surface area contributed by atoms with Gasteiger partial charge in [-0.1, -0.05) is 19.8 Å². The summed E-state index contributed by atoms with van der Waals surface area (Å²) < 4.78 is 0. The molecular formula is C7H14O2. The van der Waals surface area contributed by atoms with Crippen LogP contribution in [0.25, 0.3) is 0 Å². The lowest BCUT2D eigenvalue weighted by molar-refractivity contribution is 0.339. The van der Waals surface area contributed by atoms with Crippen LogP contribution in [-0.2, 0) is 0 Å². The lowest BCUT2D eigenvalue weighted by Crippen LogP contribution is -1.81. The molecule has 0 aliphatic rings. The molecule has 0 spiro atoms. The fourth-order valence-electron chi connectivity index (χ4n) is 0.621. The second-order valence-electron chi connectivity index (χ2n) is 2.08. The normalized spacial score (nSPS) is 11.9. The van der Waals surface area contributed by atoms with Crippen molar-refractivity contribution in [2.24, 2.45) is 0 Å². The van der Waals surface area contributed by atoms with Crippen LogP contribution in [0.3, 0.4) is 0 Å². The molecule has 0 radical (unpaired) electrons. The highest BCUT2D eigenvalue weighted by atomic mass is 16.3. The molecule has 2 nitrogen and oxygen atoms in total. The van der Waals surface area contributed by atoms with Crippen LogP contribution in [0.2, 0.25) is 0 Å². The first kappa shape index (κ1) is 8.34. The van der Waals surface area contributed by atoms with Crippen LogP contribution >= 0.6 is 0 Å². The monoisotopic (exact) mass is 130 g/mol. The molecule has 0 amide bonds. The first-order chi connectivity index (χ1) is 4.31. The molecule has 0 saturated carbocycles. The van der Waals surface area contributed by atoms with Gasteiger partial charge in [0.25, 0.3) is 0 Å². The summed E-state index contributed by atoms with van der Waals surface area (Å²) in [6, 6.07) is 0. The minimum atomic E-state index is 0.0865. The third-order valence-electron chi connectivity index (χ3n) is 1.19. The van der Waals surface area contributed by atoms with Crippen molar-refractivity contribution in [2.75, 3.05) is 0 Å². The largest absolute Gasteiger partial charge is 0.512 e. The van der Waals surface area contributed by atoms with E-state index in [-0.39, 0.29) is 5.76 Å². The Morgan fingerprint density at radius 1 is 1.44 bits per heavy atom. The highest BCUT2D eigenvalue weighted by molar-refractivity contribution is 4.82. The molecular weight excluding hydrogens is 116 g/mol. The quantitative estimate of drug-likeness (QED) is 0.453. The van der Waals surface area contributed by atoms with Crippen LogP contribution in [0, 0.1) is 0 Å². The summed E-state index contributed by atoms with van der Waals surface area (Å²) in [5.41, 5.74) is 0. The summed E-state index contributed by atoms with van der Waals surface area (Å²) in [5, 5.41) is 16.9. The fourth-order valence-corrected chi connectivity index (χ4v) is 0.621. The van der Waals surface area contributed by atoms with Crippen LogP contribution in [0.5, 0.6) is 0 Å². The van der Waals surface area contributed by atoms with E-state index in [0.29, 0.717) is 6.42 Å². The van der Waals surface area contributed by atoms with Crippen LogP contribution in [0.15, 0.2) is 12.0 Å². The van der Waals surface area contributed by atoms with Crippen molar-refractivity contribution in [3.8, 4) is 0 Å². The van der Waals surface area contributed by atoms with Crippen molar-refractivity contribution in [1.29, 1.82) is 0 Å². The molecule has 0 aliphatic carbocycles. The molecule has 0 heterocycles. The van der Waals surface area contributed by atoms with Crippen LogP contribution in [-0.4, -0.2) is 10.2 Å². The topological polar surface area (TPSA) is 40.5 Å². The van der Waals surface area contributed by atoms with Crippen molar-refractivity contribution < 1.29 is 10.2 Å². The molecule has 0 rings (SSSR count). The predicted octanol–water partition coefficient (Wildman–Crippen LogP) is 2.52.